The molecule has 1 unspecified atom stereocenters. The molecular formula is C19H20ClN3O2. The first-order valence-electron chi connectivity index (χ1n) is 8.66. The Kier molecular flexibility index (Phi) is 4.36. The first-order valence-corrected chi connectivity index (χ1v) is 9.04. The lowest BCUT2D eigenvalue weighted by atomic mass is 9.85. The standard InChI is InChI=1S/C19H20ClN3O2/c20-15-3-4-17-13(9-15)1-2-14-10-16(23(24)25)11-22-19(14)18(17)12-5-7-21-8-6-12/h3-4,9-11,19,21-22H,1-2,5-8H2. The van der Waals surface area contributed by atoms with Gasteiger partial charge in [-0.05, 0) is 73.2 Å². The summed E-state index contributed by atoms with van der Waals surface area (Å²) in [7, 11) is 0. The SMILES string of the molecule is O=[N+]([O-])C1=CNC2C(=C1)CCc1cc(Cl)ccc1C2=C1CCNCC1. The van der Waals surface area contributed by atoms with Gasteiger partial charge >= 0.3 is 0 Å². The highest BCUT2D eigenvalue weighted by molar-refractivity contribution is 6.30. The zero-order chi connectivity index (χ0) is 17.4. The third-order valence-corrected chi connectivity index (χ3v) is 5.47. The summed E-state index contributed by atoms with van der Waals surface area (Å²) in [6.45, 7) is 1.95. The fraction of sp³-hybridized carbons (Fsp3) is 0.368. The van der Waals surface area contributed by atoms with Gasteiger partial charge in [0.15, 0.2) is 0 Å². The van der Waals surface area contributed by atoms with Gasteiger partial charge < -0.3 is 10.6 Å². The number of rotatable bonds is 1. The Balaban J connectivity index is 1.85. The smallest absolute Gasteiger partial charge is 0.284 e. The molecule has 0 aromatic heterocycles. The molecule has 6 heteroatoms. The first kappa shape index (κ1) is 16.4. The van der Waals surface area contributed by atoms with Crippen LogP contribution in [0.1, 0.15) is 30.4 Å². The number of nitro groups is 1. The fourth-order valence-corrected chi connectivity index (χ4v) is 4.23. The molecule has 25 heavy (non-hydrogen) atoms. The molecular weight excluding hydrogens is 338 g/mol. The van der Waals surface area contributed by atoms with Gasteiger partial charge in [0.1, 0.15) is 0 Å². The Morgan fingerprint density at radius 1 is 1.16 bits per heavy atom. The number of piperidine rings is 1. The van der Waals surface area contributed by atoms with Gasteiger partial charge in [-0.2, -0.15) is 0 Å². The van der Waals surface area contributed by atoms with Crippen molar-refractivity contribution < 1.29 is 4.92 Å². The van der Waals surface area contributed by atoms with Crippen LogP contribution in [-0.4, -0.2) is 24.1 Å². The summed E-state index contributed by atoms with van der Waals surface area (Å²) in [5, 5.41) is 18.6. The second-order valence-corrected chi connectivity index (χ2v) is 7.15. The van der Waals surface area contributed by atoms with Crippen molar-refractivity contribution in [2.75, 3.05) is 13.1 Å². The maximum absolute atomic E-state index is 11.2. The molecule has 5 nitrogen and oxygen atoms in total. The van der Waals surface area contributed by atoms with Gasteiger partial charge in [-0.1, -0.05) is 23.2 Å². The number of aryl methyl sites for hydroxylation is 1. The lowest BCUT2D eigenvalue weighted by molar-refractivity contribution is -0.419. The Bertz CT molecular complexity index is 818. The average Bonchev–Trinajstić information content (AvgIpc) is 2.78. The Hall–Kier alpha value is -2.11. The molecule has 2 aliphatic heterocycles. The summed E-state index contributed by atoms with van der Waals surface area (Å²) in [4.78, 5) is 10.8. The van der Waals surface area contributed by atoms with Crippen molar-refractivity contribution in [1.29, 1.82) is 0 Å². The van der Waals surface area contributed by atoms with E-state index in [1.165, 1.54) is 28.5 Å². The van der Waals surface area contributed by atoms with Crippen molar-refractivity contribution in [2.24, 2.45) is 0 Å². The molecule has 1 aromatic rings. The summed E-state index contributed by atoms with van der Waals surface area (Å²) in [6, 6.07) is 6.11. The number of benzene rings is 1. The second-order valence-electron chi connectivity index (χ2n) is 6.71. The maximum Gasteiger partial charge on any atom is 0.284 e. The molecule has 4 rings (SSSR count). The minimum absolute atomic E-state index is 0.0132. The lowest BCUT2D eigenvalue weighted by Crippen LogP contribution is -2.33. The number of hydrogen-bond acceptors (Lipinski definition) is 4. The maximum atomic E-state index is 11.2. The van der Waals surface area contributed by atoms with Gasteiger partial charge in [0, 0.05) is 11.1 Å². The number of nitrogens with one attached hydrogen (secondary N) is 2. The number of halogens is 1. The summed E-state index contributed by atoms with van der Waals surface area (Å²) in [5.41, 5.74) is 6.40. The first-order chi connectivity index (χ1) is 12.1. The van der Waals surface area contributed by atoms with Crippen molar-refractivity contribution in [2.45, 2.75) is 31.7 Å². The second kappa shape index (κ2) is 6.65. The van der Waals surface area contributed by atoms with Crippen LogP contribution >= 0.6 is 11.6 Å². The predicted molar refractivity (Wildman–Crippen MR) is 98.9 cm³/mol. The van der Waals surface area contributed by atoms with Crippen LogP contribution in [0.3, 0.4) is 0 Å². The van der Waals surface area contributed by atoms with E-state index in [9.17, 15) is 10.1 Å². The number of nitrogens with zero attached hydrogens (tertiary/aromatic N) is 1. The van der Waals surface area contributed by atoms with Gasteiger partial charge in [0.2, 0.25) is 0 Å². The molecule has 0 bridgehead atoms. The zero-order valence-electron chi connectivity index (χ0n) is 13.8. The Morgan fingerprint density at radius 2 is 1.96 bits per heavy atom. The lowest BCUT2D eigenvalue weighted by Gasteiger charge is -2.29. The van der Waals surface area contributed by atoms with Crippen molar-refractivity contribution in [1.82, 2.24) is 10.6 Å². The number of dihydropyridines is 1. The van der Waals surface area contributed by atoms with Crippen LogP contribution in [0.2, 0.25) is 5.02 Å². The largest absolute Gasteiger partial charge is 0.375 e. The van der Waals surface area contributed by atoms with E-state index >= 15 is 0 Å². The Labute approximate surface area is 151 Å². The highest BCUT2D eigenvalue weighted by Crippen LogP contribution is 2.39. The van der Waals surface area contributed by atoms with Crippen LogP contribution in [0.25, 0.3) is 5.57 Å². The van der Waals surface area contributed by atoms with E-state index in [-0.39, 0.29) is 16.7 Å². The molecule has 1 aromatic carbocycles. The van der Waals surface area contributed by atoms with Crippen molar-refractivity contribution >= 4 is 17.2 Å². The third kappa shape index (κ3) is 3.10. The third-order valence-electron chi connectivity index (χ3n) is 5.23. The molecule has 0 amide bonds. The predicted octanol–water partition coefficient (Wildman–Crippen LogP) is 3.44. The van der Waals surface area contributed by atoms with Gasteiger partial charge in [-0.15, -0.1) is 0 Å². The van der Waals surface area contributed by atoms with E-state index in [4.69, 9.17) is 11.6 Å². The van der Waals surface area contributed by atoms with E-state index in [0.717, 1.165) is 49.4 Å². The van der Waals surface area contributed by atoms with Crippen LogP contribution in [0, 0.1) is 10.1 Å². The molecule has 1 aliphatic carbocycles. The topological polar surface area (TPSA) is 67.2 Å². The van der Waals surface area contributed by atoms with Crippen LogP contribution < -0.4 is 10.6 Å². The summed E-state index contributed by atoms with van der Waals surface area (Å²) in [6.07, 6.45) is 6.95. The van der Waals surface area contributed by atoms with Crippen LogP contribution in [0.15, 0.2) is 47.3 Å². The van der Waals surface area contributed by atoms with Gasteiger partial charge in [0.05, 0.1) is 17.2 Å². The minimum atomic E-state index is -0.331. The molecule has 0 saturated carbocycles. The highest BCUT2D eigenvalue weighted by Gasteiger charge is 2.31. The van der Waals surface area contributed by atoms with Gasteiger partial charge in [-0.25, -0.2) is 0 Å². The van der Waals surface area contributed by atoms with Gasteiger partial charge in [-0.3, -0.25) is 10.1 Å². The molecule has 1 atom stereocenters. The normalized spacial score (nSPS) is 22.8. The average molecular weight is 358 g/mol. The summed E-state index contributed by atoms with van der Waals surface area (Å²) >= 11 is 6.23. The minimum Gasteiger partial charge on any atom is -0.375 e. The van der Waals surface area contributed by atoms with E-state index < -0.39 is 0 Å². The van der Waals surface area contributed by atoms with Crippen LogP contribution in [0.5, 0.6) is 0 Å². The van der Waals surface area contributed by atoms with Crippen molar-refractivity contribution in [3.63, 3.8) is 0 Å². The van der Waals surface area contributed by atoms with E-state index in [1.807, 2.05) is 12.1 Å². The zero-order valence-corrected chi connectivity index (χ0v) is 14.6. The van der Waals surface area contributed by atoms with Crippen LogP contribution in [-0.2, 0) is 6.42 Å². The van der Waals surface area contributed by atoms with E-state index in [2.05, 4.69) is 16.7 Å². The van der Waals surface area contributed by atoms with Crippen molar-refractivity contribution in [3.05, 3.63) is 73.6 Å². The fourth-order valence-electron chi connectivity index (χ4n) is 4.04. The molecule has 3 aliphatic rings. The molecule has 2 heterocycles. The highest BCUT2D eigenvalue weighted by atomic mass is 35.5. The summed E-state index contributed by atoms with van der Waals surface area (Å²) < 4.78 is 0. The van der Waals surface area contributed by atoms with Crippen LogP contribution in [0.4, 0.5) is 0 Å². The monoisotopic (exact) mass is 357 g/mol. The van der Waals surface area contributed by atoms with E-state index in [0.29, 0.717) is 0 Å². The number of fused-ring (bicyclic) bond motifs is 2. The Morgan fingerprint density at radius 3 is 2.72 bits per heavy atom. The molecule has 2 N–H and O–H groups in total. The molecule has 0 radical (unpaired) electrons. The van der Waals surface area contributed by atoms with Crippen molar-refractivity contribution in [3.8, 4) is 0 Å². The molecule has 0 spiro atoms. The molecule has 1 fully saturated rings. The number of hydrogen-bond donors (Lipinski definition) is 2. The molecule has 130 valence electrons. The van der Waals surface area contributed by atoms with E-state index in [1.54, 1.807) is 6.08 Å². The molecule has 1 saturated heterocycles. The quantitative estimate of drug-likeness (QED) is 0.597. The van der Waals surface area contributed by atoms with Gasteiger partial charge in [0.25, 0.3) is 5.70 Å². The number of allylic oxidation sites excluding steroid dienone is 1. The summed E-state index contributed by atoms with van der Waals surface area (Å²) in [5.74, 6) is 0.